The second-order valence-corrected chi connectivity index (χ2v) is 4.69. The van der Waals surface area contributed by atoms with Crippen LogP contribution in [0.1, 0.15) is 20.7 Å². The van der Waals surface area contributed by atoms with Crippen molar-refractivity contribution in [2.75, 3.05) is 0 Å². The Hall–Kier alpha value is -2.28. The number of nitrogens with one attached hydrogen (secondary N) is 2. The average Bonchev–Trinajstić information content (AvgIpc) is 2.47. The molecule has 0 radical (unpaired) electrons. The molecule has 0 fully saturated rings. The molecule has 0 spiro atoms. The Balaban J connectivity index is 2.02. The zero-order valence-electron chi connectivity index (χ0n) is 10.1. The summed E-state index contributed by atoms with van der Waals surface area (Å²) >= 11 is 3.14. The van der Waals surface area contributed by atoms with Gasteiger partial charge in [0, 0.05) is 16.9 Å². The molecule has 102 valence electrons. The SMILES string of the molecule is O=C(NNC(=O)c1cc(Br)ccc1F)c1cccnc1. The van der Waals surface area contributed by atoms with Crippen LogP contribution in [0.5, 0.6) is 0 Å². The van der Waals surface area contributed by atoms with Crippen LogP contribution < -0.4 is 10.9 Å². The topological polar surface area (TPSA) is 71.1 Å². The smallest absolute Gasteiger partial charge is 0.267 e. The molecule has 0 aliphatic carbocycles. The van der Waals surface area contributed by atoms with Gasteiger partial charge in [-0.3, -0.25) is 25.4 Å². The quantitative estimate of drug-likeness (QED) is 0.824. The number of nitrogens with zero attached hydrogens (tertiary/aromatic N) is 1. The van der Waals surface area contributed by atoms with E-state index in [4.69, 9.17) is 0 Å². The van der Waals surface area contributed by atoms with E-state index >= 15 is 0 Å². The number of pyridine rings is 1. The number of hydrazine groups is 1. The van der Waals surface area contributed by atoms with Gasteiger partial charge in [-0.2, -0.15) is 0 Å². The Morgan fingerprint density at radius 3 is 2.60 bits per heavy atom. The summed E-state index contributed by atoms with van der Waals surface area (Å²) in [6, 6.07) is 7.07. The lowest BCUT2D eigenvalue weighted by Gasteiger charge is -2.08. The van der Waals surface area contributed by atoms with Gasteiger partial charge in [0.1, 0.15) is 5.82 Å². The number of carbonyl (C=O) groups is 2. The van der Waals surface area contributed by atoms with E-state index in [1.54, 1.807) is 6.07 Å². The second-order valence-electron chi connectivity index (χ2n) is 3.77. The van der Waals surface area contributed by atoms with E-state index in [-0.39, 0.29) is 11.1 Å². The molecule has 1 aromatic heterocycles. The predicted molar refractivity (Wildman–Crippen MR) is 73.3 cm³/mol. The minimum absolute atomic E-state index is 0.175. The lowest BCUT2D eigenvalue weighted by molar-refractivity contribution is 0.0844. The third-order valence-electron chi connectivity index (χ3n) is 2.39. The van der Waals surface area contributed by atoms with Gasteiger partial charge in [-0.25, -0.2) is 4.39 Å². The third-order valence-corrected chi connectivity index (χ3v) is 2.88. The minimum atomic E-state index is -0.749. The van der Waals surface area contributed by atoms with Crippen molar-refractivity contribution < 1.29 is 14.0 Å². The van der Waals surface area contributed by atoms with Gasteiger partial charge in [-0.1, -0.05) is 15.9 Å². The number of rotatable bonds is 2. The second kappa shape index (κ2) is 6.25. The fourth-order valence-electron chi connectivity index (χ4n) is 1.42. The molecule has 7 heteroatoms. The van der Waals surface area contributed by atoms with Gasteiger partial charge in [0.25, 0.3) is 11.8 Å². The van der Waals surface area contributed by atoms with Crippen LogP contribution in [0.25, 0.3) is 0 Å². The number of carbonyl (C=O) groups excluding carboxylic acids is 2. The Morgan fingerprint density at radius 1 is 1.15 bits per heavy atom. The summed E-state index contributed by atoms with van der Waals surface area (Å²) in [6.45, 7) is 0. The van der Waals surface area contributed by atoms with Crippen molar-refractivity contribution in [1.29, 1.82) is 0 Å². The number of hydrogen-bond acceptors (Lipinski definition) is 3. The van der Waals surface area contributed by atoms with Gasteiger partial charge in [0.2, 0.25) is 0 Å². The maximum absolute atomic E-state index is 13.5. The number of halogens is 2. The molecule has 0 aliphatic rings. The normalized spacial score (nSPS) is 9.90. The molecule has 2 aromatic rings. The van der Waals surface area contributed by atoms with Crippen molar-refractivity contribution in [2.45, 2.75) is 0 Å². The summed E-state index contributed by atoms with van der Waals surface area (Å²) in [5, 5.41) is 0. The molecule has 1 aromatic carbocycles. The summed E-state index contributed by atoms with van der Waals surface area (Å²) < 4.78 is 14.0. The highest BCUT2D eigenvalue weighted by Gasteiger charge is 2.13. The first-order chi connectivity index (χ1) is 9.58. The van der Waals surface area contributed by atoms with Crippen LogP contribution in [0.2, 0.25) is 0 Å². The Bertz CT molecular complexity index is 649. The van der Waals surface area contributed by atoms with Gasteiger partial charge in [0.15, 0.2) is 0 Å². The highest BCUT2D eigenvalue weighted by Crippen LogP contribution is 2.15. The van der Waals surface area contributed by atoms with Gasteiger partial charge in [0.05, 0.1) is 11.1 Å². The van der Waals surface area contributed by atoms with E-state index in [1.807, 2.05) is 0 Å². The van der Waals surface area contributed by atoms with Gasteiger partial charge in [-0.05, 0) is 30.3 Å². The Kier molecular flexibility index (Phi) is 4.41. The highest BCUT2D eigenvalue weighted by molar-refractivity contribution is 9.10. The van der Waals surface area contributed by atoms with Crippen molar-refractivity contribution in [2.24, 2.45) is 0 Å². The molecule has 2 amide bonds. The summed E-state index contributed by atoms with van der Waals surface area (Å²) in [4.78, 5) is 27.2. The van der Waals surface area contributed by atoms with Crippen LogP contribution in [0.15, 0.2) is 47.2 Å². The van der Waals surface area contributed by atoms with Crippen molar-refractivity contribution in [1.82, 2.24) is 15.8 Å². The van der Waals surface area contributed by atoms with E-state index in [0.29, 0.717) is 4.47 Å². The van der Waals surface area contributed by atoms with Crippen molar-refractivity contribution >= 4 is 27.7 Å². The molecule has 0 saturated heterocycles. The summed E-state index contributed by atoms with van der Waals surface area (Å²) in [5.41, 5.74) is 4.43. The number of aromatic nitrogens is 1. The van der Waals surface area contributed by atoms with Crippen molar-refractivity contribution in [3.8, 4) is 0 Å². The molecule has 5 nitrogen and oxygen atoms in total. The standard InChI is InChI=1S/C13H9BrFN3O2/c14-9-3-4-11(15)10(6-9)13(20)18-17-12(19)8-2-1-5-16-7-8/h1-7H,(H,17,19)(H,18,20). The summed E-state index contributed by atoms with van der Waals surface area (Å²) in [5.74, 6) is -1.97. The molecular formula is C13H9BrFN3O2. The largest absolute Gasteiger partial charge is 0.272 e. The van der Waals surface area contributed by atoms with E-state index in [2.05, 4.69) is 31.8 Å². The molecule has 20 heavy (non-hydrogen) atoms. The fraction of sp³-hybridized carbons (Fsp3) is 0. The lowest BCUT2D eigenvalue weighted by atomic mass is 10.2. The molecule has 0 unspecified atom stereocenters. The molecule has 0 atom stereocenters. The molecule has 0 bridgehead atoms. The third kappa shape index (κ3) is 3.39. The average molecular weight is 338 g/mol. The van der Waals surface area contributed by atoms with Gasteiger partial charge in [-0.15, -0.1) is 0 Å². The maximum Gasteiger partial charge on any atom is 0.272 e. The van der Waals surface area contributed by atoms with E-state index < -0.39 is 17.6 Å². The van der Waals surface area contributed by atoms with Crippen LogP contribution >= 0.6 is 15.9 Å². The zero-order chi connectivity index (χ0) is 14.5. The Morgan fingerprint density at radius 2 is 1.90 bits per heavy atom. The zero-order valence-corrected chi connectivity index (χ0v) is 11.6. The molecular weight excluding hydrogens is 329 g/mol. The van der Waals surface area contributed by atoms with Crippen molar-refractivity contribution in [3.63, 3.8) is 0 Å². The highest BCUT2D eigenvalue weighted by atomic mass is 79.9. The first kappa shape index (κ1) is 14.1. The molecule has 1 heterocycles. The molecule has 2 rings (SSSR count). The van der Waals surface area contributed by atoms with Gasteiger partial charge >= 0.3 is 0 Å². The molecule has 0 saturated carbocycles. The van der Waals surface area contributed by atoms with E-state index in [1.165, 1.54) is 30.6 Å². The van der Waals surface area contributed by atoms with Crippen LogP contribution in [-0.4, -0.2) is 16.8 Å². The van der Waals surface area contributed by atoms with Crippen LogP contribution in [-0.2, 0) is 0 Å². The van der Waals surface area contributed by atoms with Crippen LogP contribution in [0, 0.1) is 5.82 Å². The number of amides is 2. The monoisotopic (exact) mass is 337 g/mol. The van der Waals surface area contributed by atoms with E-state index in [0.717, 1.165) is 6.07 Å². The van der Waals surface area contributed by atoms with Crippen molar-refractivity contribution in [3.05, 3.63) is 64.1 Å². The van der Waals surface area contributed by atoms with Crippen LogP contribution in [0.4, 0.5) is 4.39 Å². The fourth-order valence-corrected chi connectivity index (χ4v) is 1.78. The van der Waals surface area contributed by atoms with Crippen LogP contribution in [0.3, 0.4) is 0 Å². The number of hydrogen-bond donors (Lipinski definition) is 2. The maximum atomic E-state index is 13.5. The van der Waals surface area contributed by atoms with Gasteiger partial charge < -0.3 is 0 Å². The van der Waals surface area contributed by atoms with E-state index in [9.17, 15) is 14.0 Å². The molecule has 2 N–H and O–H groups in total. The summed E-state index contributed by atoms with van der Waals surface area (Å²) in [7, 11) is 0. The first-order valence-corrected chi connectivity index (χ1v) is 6.33. The predicted octanol–water partition coefficient (Wildman–Crippen LogP) is 2.06. The summed E-state index contributed by atoms with van der Waals surface area (Å²) in [6.07, 6.45) is 2.87. The Labute approximate surface area is 122 Å². The minimum Gasteiger partial charge on any atom is -0.267 e. The molecule has 0 aliphatic heterocycles. The lowest BCUT2D eigenvalue weighted by Crippen LogP contribution is -2.42. The number of benzene rings is 1. The first-order valence-electron chi connectivity index (χ1n) is 5.53.